The predicted octanol–water partition coefficient (Wildman–Crippen LogP) is 2.96. The van der Waals surface area contributed by atoms with Crippen LogP contribution in [-0.2, 0) is 9.53 Å². The Morgan fingerprint density at radius 3 is 2.46 bits per heavy atom. The minimum absolute atomic E-state index is 0.0136. The highest BCUT2D eigenvalue weighted by atomic mass is 16.6. The Balaban J connectivity index is 2.03. The van der Waals surface area contributed by atoms with Gasteiger partial charge in [0.1, 0.15) is 0 Å². The molecule has 0 heterocycles. The summed E-state index contributed by atoms with van der Waals surface area (Å²) in [4.78, 5) is 34.6. The molecule has 1 atom stereocenters. The first-order valence-corrected chi connectivity index (χ1v) is 7.59. The van der Waals surface area contributed by atoms with Crippen molar-refractivity contribution in [1.29, 1.82) is 5.26 Å². The summed E-state index contributed by atoms with van der Waals surface area (Å²) in [6, 6.07) is 12.1. The SMILES string of the molecule is Cc1ccc(C(=O)O[C@H](C)C(=O)Nc2ccc(C#N)cc2)cc1[N+](=O)[O-]. The number of nitrogens with zero attached hydrogens (tertiary/aromatic N) is 2. The minimum atomic E-state index is -1.11. The topological polar surface area (TPSA) is 122 Å². The van der Waals surface area contributed by atoms with E-state index in [0.29, 0.717) is 16.8 Å². The number of rotatable bonds is 5. The van der Waals surface area contributed by atoms with Crippen LogP contribution in [0.4, 0.5) is 11.4 Å². The van der Waals surface area contributed by atoms with E-state index in [1.54, 1.807) is 19.1 Å². The summed E-state index contributed by atoms with van der Waals surface area (Å²) in [5.41, 5.74) is 1.10. The van der Waals surface area contributed by atoms with E-state index in [9.17, 15) is 19.7 Å². The largest absolute Gasteiger partial charge is 0.449 e. The molecule has 26 heavy (non-hydrogen) atoms. The molecule has 8 nitrogen and oxygen atoms in total. The molecule has 0 spiro atoms. The maximum atomic E-state index is 12.1. The van der Waals surface area contributed by atoms with Gasteiger partial charge in [0, 0.05) is 17.3 Å². The van der Waals surface area contributed by atoms with Gasteiger partial charge in [0.15, 0.2) is 6.10 Å². The zero-order valence-corrected chi connectivity index (χ0v) is 14.1. The van der Waals surface area contributed by atoms with Gasteiger partial charge in [-0.05, 0) is 44.2 Å². The van der Waals surface area contributed by atoms with Crippen molar-refractivity contribution >= 4 is 23.3 Å². The Kier molecular flexibility index (Phi) is 5.65. The second-order valence-corrected chi connectivity index (χ2v) is 5.48. The fourth-order valence-corrected chi connectivity index (χ4v) is 2.09. The number of anilines is 1. The molecule has 1 amide bonds. The van der Waals surface area contributed by atoms with Gasteiger partial charge >= 0.3 is 5.97 Å². The highest BCUT2D eigenvalue weighted by molar-refractivity contribution is 5.97. The zero-order valence-electron chi connectivity index (χ0n) is 14.1. The van der Waals surface area contributed by atoms with E-state index in [1.807, 2.05) is 6.07 Å². The molecule has 8 heteroatoms. The maximum absolute atomic E-state index is 12.1. The van der Waals surface area contributed by atoms with Crippen molar-refractivity contribution in [2.24, 2.45) is 0 Å². The van der Waals surface area contributed by atoms with Gasteiger partial charge < -0.3 is 10.1 Å². The molecule has 132 valence electrons. The van der Waals surface area contributed by atoms with Gasteiger partial charge in [-0.25, -0.2) is 4.79 Å². The first-order valence-electron chi connectivity index (χ1n) is 7.59. The van der Waals surface area contributed by atoms with Crippen LogP contribution in [0.25, 0.3) is 0 Å². The highest BCUT2D eigenvalue weighted by Crippen LogP contribution is 2.20. The number of esters is 1. The van der Waals surface area contributed by atoms with Crippen LogP contribution in [0.1, 0.15) is 28.4 Å². The van der Waals surface area contributed by atoms with Crippen LogP contribution in [0.3, 0.4) is 0 Å². The number of hydrogen-bond acceptors (Lipinski definition) is 6. The predicted molar refractivity (Wildman–Crippen MR) is 92.5 cm³/mol. The van der Waals surface area contributed by atoms with Crippen LogP contribution < -0.4 is 5.32 Å². The molecule has 0 aliphatic heterocycles. The number of carbonyl (C=O) groups is 2. The van der Waals surface area contributed by atoms with Gasteiger partial charge in [0.25, 0.3) is 11.6 Å². The normalized spacial score (nSPS) is 11.1. The van der Waals surface area contributed by atoms with E-state index in [0.717, 1.165) is 6.07 Å². The molecule has 0 aliphatic carbocycles. The van der Waals surface area contributed by atoms with Crippen LogP contribution >= 0.6 is 0 Å². The molecule has 2 rings (SSSR count). The molecule has 0 unspecified atom stereocenters. The van der Waals surface area contributed by atoms with Crippen LogP contribution in [0.5, 0.6) is 0 Å². The fraction of sp³-hybridized carbons (Fsp3) is 0.167. The van der Waals surface area contributed by atoms with Crippen LogP contribution in [0, 0.1) is 28.4 Å². The Hall–Kier alpha value is -3.73. The average molecular weight is 353 g/mol. The Morgan fingerprint density at radius 1 is 1.23 bits per heavy atom. The van der Waals surface area contributed by atoms with Gasteiger partial charge in [-0.2, -0.15) is 5.26 Å². The number of nitro benzene ring substituents is 1. The number of carbonyl (C=O) groups excluding carboxylic acids is 2. The Labute approximate surface area is 149 Å². The fourth-order valence-electron chi connectivity index (χ4n) is 2.09. The lowest BCUT2D eigenvalue weighted by Gasteiger charge is -2.13. The van der Waals surface area contributed by atoms with E-state index in [4.69, 9.17) is 10.00 Å². The van der Waals surface area contributed by atoms with E-state index in [2.05, 4.69) is 5.32 Å². The molecule has 2 aromatic carbocycles. The molecule has 0 aromatic heterocycles. The molecule has 0 fully saturated rings. The minimum Gasteiger partial charge on any atom is -0.449 e. The Morgan fingerprint density at radius 2 is 1.88 bits per heavy atom. The first kappa shape index (κ1) is 18.6. The van der Waals surface area contributed by atoms with Crippen molar-refractivity contribution < 1.29 is 19.2 Å². The number of nitriles is 1. The highest BCUT2D eigenvalue weighted by Gasteiger charge is 2.21. The summed E-state index contributed by atoms with van der Waals surface area (Å²) in [6.45, 7) is 2.94. The molecular weight excluding hydrogens is 338 g/mol. The van der Waals surface area contributed by atoms with Gasteiger partial charge in [0.05, 0.1) is 22.1 Å². The summed E-state index contributed by atoms with van der Waals surface area (Å²) in [5, 5.41) is 22.2. The third kappa shape index (κ3) is 4.42. The van der Waals surface area contributed by atoms with Crippen molar-refractivity contribution in [3.8, 4) is 6.07 Å². The zero-order chi connectivity index (χ0) is 19.3. The Bertz CT molecular complexity index is 900. The molecular formula is C18H15N3O5. The van der Waals surface area contributed by atoms with Gasteiger partial charge in [-0.1, -0.05) is 6.07 Å². The molecule has 0 saturated carbocycles. The van der Waals surface area contributed by atoms with Gasteiger partial charge in [-0.15, -0.1) is 0 Å². The summed E-state index contributed by atoms with van der Waals surface area (Å²) in [7, 11) is 0. The summed E-state index contributed by atoms with van der Waals surface area (Å²) in [6.07, 6.45) is -1.11. The molecule has 0 saturated heterocycles. The van der Waals surface area contributed by atoms with Crippen LogP contribution in [-0.4, -0.2) is 22.9 Å². The number of nitrogens with one attached hydrogen (secondary N) is 1. The van der Waals surface area contributed by atoms with E-state index in [-0.39, 0.29) is 11.3 Å². The quantitative estimate of drug-likeness (QED) is 0.501. The van der Waals surface area contributed by atoms with E-state index < -0.39 is 22.9 Å². The number of aryl methyl sites for hydroxylation is 1. The van der Waals surface area contributed by atoms with E-state index in [1.165, 1.54) is 31.2 Å². The van der Waals surface area contributed by atoms with Crippen molar-refractivity contribution in [2.75, 3.05) is 5.32 Å². The number of amides is 1. The molecule has 1 N–H and O–H groups in total. The number of benzene rings is 2. The maximum Gasteiger partial charge on any atom is 0.339 e. The van der Waals surface area contributed by atoms with Crippen molar-refractivity contribution in [1.82, 2.24) is 0 Å². The summed E-state index contributed by atoms with van der Waals surface area (Å²) < 4.78 is 5.06. The second kappa shape index (κ2) is 7.90. The monoisotopic (exact) mass is 353 g/mol. The smallest absolute Gasteiger partial charge is 0.339 e. The van der Waals surface area contributed by atoms with Crippen LogP contribution in [0.15, 0.2) is 42.5 Å². The third-order valence-corrected chi connectivity index (χ3v) is 3.58. The summed E-state index contributed by atoms with van der Waals surface area (Å²) >= 11 is 0. The van der Waals surface area contributed by atoms with Crippen molar-refractivity contribution in [2.45, 2.75) is 20.0 Å². The number of nitro groups is 1. The summed E-state index contributed by atoms with van der Waals surface area (Å²) in [5.74, 6) is -1.40. The average Bonchev–Trinajstić information content (AvgIpc) is 2.62. The number of ether oxygens (including phenoxy) is 1. The third-order valence-electron chi connectivity index (χ3n) is 3.58. The standard InChI is InChI=1S/C18H15N3O5/c1-11-3-6-14(9-16(11)21(24)25)18(23)26-12(2)17(22)20-15-7-4-13(10-19)5-8-15/h3-9,12H,1-2H3,(H,20,22)/t12-/m1/s1. The molecule has 0 aliphatic rings. The van der Waals surface area contributed by atoms with Crippen molar-refractivity contribution in [3.05, 3.63) is 69.3 Å². The van der Waals surface area contributed by atoms with Gasteiger partial charge in [0.2, 0.25) is 0 Å². The van der Waals surface area contributed by atoms with Crippen molar-refractivity contribution in [3.63, 3.8) is 0 Å². The lowest BCUT2D eigenvalue weighted by Crippen LogP contribution is -2.30. The lowest BCUT2D eigenvalue weighted by atomic mass is 10.1. The van der Waals surface area contributed by atoms with E-state index >= 15 is 0 Å². The molecule has 2 aromatic rings. The molecule has 0 radical (unpaired) electrons. The van der Waals surface area contributed by atoms with Gasteiger partial charge in [-0.3, -0.25) is 14.9 Å². The lowest BCUT2D eigenvalue weighted by molar-refractivity contribution is -0.385. The van der Waals surface area contributed by atoms with Crippen LogP contribution in [0.2, 0.25) is 0 Å². The second-order valence-electron chi connectivity index (χ2n) is 5.48. The first-order chi connectivity index (χ1) is 12.3. The number of hydrogen-bond donors (Lipinski definition) is 1. The molecule has 0 bridgehead atoms.